The standard InChI is InChI=1S/C13H26N2O5S/c1-4-7-14(8-5-2)21(18,19)15(6-3)12-10-20-9-11(12)13(16)17/h11-12H,4-10H2,1-3H3,(H,16,17). The predicted octanol–water partition coefficient (Wildman–Crippen LogP) is 0.775. The second-order valence-electron chi connectivity index (χ2n) is 5.16. The van der Waals surface area contributed by atoms with Crippen molar-refractivity contribution in [3.05, 3.63) is 0 Å². The summed E-state index contributed by atoms with van der Waals surface area (Å²) in [6, 6.07) is -0.631. The zero-order valence-electron chi connectivity index (χ0n) is 13.0. The molecule has 7 nitrogen and oxygen atoms in total. The van der Waals surface area contributed by atoms with Gasteiger partial charge in [0.05, 0.1) is 25.2 Å². The molecule has 1 fully saturated rings. The molecule has 0 aliphatic carbocycles. The zero-order valence-corrected chi connectivity index (χ0v) is 13.8. The zero-order chi connectivity index (χ0) is 16.0. The quantitative estimate of drug-likeness (QED) is 0.677. The first-order chi connectivity index (χ1) is 9.89. The lowest BCUT2D eigenvalue weighted by Crippen LogP contribution is -2.52. The average molecular weight is 322 g/mol. The summed E-state index contributed by atoms with van der Waals surface area (Å²) in [7, 11) is -3.66. The highest BCUT2D eigenvalue weighted by atomic mass is 32.2. The third kappa shape index (κ3) is 4.15. The molecule has 0 bridgehead atoms. The van der Waals surface area contributed by atoms with Crippen LogP contribution < -0.4 is 0 Å². The number of rotatable bonds is 9. The molecule has 0 saturated carbocycles. The third-order valence-corrected chi connectivity index (χ3v) is 5.76. The molecule has 8 heteroatoms. The molecule has 21 heavy (non-hydrogen) atoms. The number of likely N-dealkylation sites (N-methyl/N-ethyl adjacent to an activating group) is 1. The fraction of sp³-hybridized carbons (Fsp3) is 0.923. The first-order valence-electron chi connectivity index (χ1n) is 7.47. The molecular formula is C13H26N2O5S. The van der Waals surface area contributed by atoms with Crippen molar-refractivity contribution < 1.29 is 23.1 Å². The Balaban J connectivity index is 3.02. The number of carboxylic acid groups (broad SMARTS) is 1. The van der Waals surface area contributed by atoms with Gasteiger partial charge in [-0.1, -0.05) is 20.8 Å². The van der Waals surface area contributed by atoms with E-state index in [2.05, 4.69) is 0 Å². The second kappa shape index (κ2) is 8.07. The minimum Gasteiger partial charge on any atom is -0.481 e. The van der Waals surface area contributed by atoms with E-state index in [9.17, 15) is 18.3 Å². The van der Waals surface area contributed by atoms with Crippen LogP contribution in [0, 0.1) is 5.92 Å². The number of hydrogen-bond donors (Lipinski definition) is 1. The number of nitrogens with zero attached hydrogens (tertiary/aromatic N) is 2. The van der Waals surface area contributed by atoms with Gasteiger partial charge < -0.3 is 9.84 Å². The van der Waals surface area contributed by atoms with Gasteiger partial charge in [-0.3, -0.25) is 4.79 Å². The highest BCUT2D eigenvalue weighted by Crippen LogP contribution is 2.24. The van der Waals surface area contributed by atoms with Gasteiger partial charge in [-0.05, 0) is 12.8 Å². The largest absolute Gasteiger partial charge is 0.481 e. The number of carboxylic acids is 1. The molecule has 1 aliphatic heterocycles. The van der Waals surface area contributed by atoms with Gasteiger partial charge in [0.15, 0.2) is 0 Å². The van der Waals surface area contributed by atoms with E-state index in [1.807, 2.05) is 13.8 Å². The van der Waals surface area contributed by atoms with Crippen LogP contribution in [0.2, 0.25) is 0 Å². The summed E-state index contributed by atoms with van der Waals surface area (Å²) in [5, 5.41) is 9.22. The summed E-state index contributed by atoms with van der Waals surface area (Å²) in [6.07, 6.45) is 1.45. The highest BCUT2D eigenvalue weighted by Gasteiger charge is 2.43. The van der Waals surface area contributed by atoms with Gasteiger partial charge in [0.25, 0.3) is 10.2 Å². The smallest absolute Gasteiger partial charge is 0.310 e. The van der Waals surface area contributed by atoms with Crippen LogP contribution in [0.15, 0.2) is 0 Å². The van der Waals surface area contributed by atoms with Crippen LogP contribution in [0.3, 0.4) is 0 Å². The molecule has 0 aromatic heterocycles. The molecule has 124 valence electrons. The molecule has 1 aliphatic rings. The van der Waals surface area contributed by atoms with E-state index in [0.29, 0.717) is 13.1 Å². The highest BCUT2D eigenvalue weighted by molar-refractivity contribution is 7.86. The summed E-state index contributed by atoms with van der Waals surface area (Å²) in [6.45, 7) is 6.90. The summed E-state index contributed by atoms with van der Waals surface area (Å²) >= 11 is 0. The van der Waals surface area contributed by atoms with Crippen molar-refractivity contribution in [2.45, 2.75) is 39.7 Å². The Bertz CT molecular complexity index is 434. The van der Waals surface area contributed by atoms with E-state index < -0.39 is 28.1 Å². The summed E-state index contributed by atoms with van der Waals surface area (Å²) in [4.78, 5) is 11.3. The van der Waals surface area contributed by atoms with E-state index in [4.69, 9.17) is 4.74 Å². The van der Waals surface area contributed by atoms with Crippen LogP contribution in [-0.2, 0) is 19.7 Å². The van der Waals surface area contributed by atoms with Crippen molar-refractivity contribution in [3.63, 3.8) is 0 Å². The van der Waals surface area contributed by atoms with Gasteiger partial charge in [-0.25, -0.2) is 0 Å². The molecule has 0 amide bonds. The van der Waals surface area contributed by atoms with E-state index in [1.54, 1.807) is 6.92 Å². The van der Waals surface area contributed by atoms with Crippen LogP contribution in [0.5, 0.6) is 0 Å². The van der Waals surface area contributed by atoms with Gasteiger partial charge in [-0.2, -0.15) is 17.0 Å². The van der Waals surface area contributed by atoms with Crippen LogP contribution >= 0.6 is 0 Å². The molecule has 0 radical (unpaired) electrons. The first kappa shape index (κ1) is 18.3. The van der Waals surface area contributed by atoms with Crippen LogP contribution in [0.25, 0.3) is 0 Å². The first-order valence-corrected chi connectivity index (χ1v) is 8.87. The summed E-state index contributed by atoms with van der Waals surface area (Å²) < 4.78 is 33.5. The van der Waals surface area contributed by atoms with E-state index in [1.165, 1.54) is 8.61 Å². The minimum absolute atomic E-state index is 0.0631. The molecule has 1 heterocycles. The summed E-state index contributed by atoms with van der Waals surface area (Å²) in [5.74, 6) is -1.81. The van der Waals surface area contributed by atoms with Crippen molar-refractivity contribution in [2.24, 2.45) is 5.92 Å². The van der Waals surface area contributed by atoms with Gasteiger partial charge in [0.2, 0.25) is 0 Å². The fourth-order valence-corrected chi connectivity index (χ4v) is 4.62. The van der Waals surface area contributed by atoms with Crippen LogP contribution in [0.1, 0.15) is 33.6 Å². The number of carbonyl (C=O) groups is 1. The van der Waals surface area contributed by atoms with Crippen LogP contribution in [-0.4, -0.2) is 67.0 Å². The Morgan fingerprint density at radius 3 is 2.19 bits per heavy atom. The van der Waals surface area contributed by atoms with Gasteiger partial charge in [0.1, 0.15) is 0 Å². The van der Waals surface area contributed by atoms with Crippen molar-refractivity contribution in [2.75, 3.05) is 32.8 Å². The Morgan fingerprint density at radius 2 is 1.76 bits per heavy atom. The number of aliphatic carboxylic acids is 1. The van der Waals surface area contributed by atoms with Crippen molar-refractivity contribution in [3.8, 4) is 0 Å². The van der Waals surface area contributed by atoms with Crippen molar-refractivity contribution >= 4 is 16.2 Å². The van der Waals surface area contributed by atoms with Gasteiger partial charge in [0, 0.05) is 19.6 Å². The molecule has 1 saturated heterocycles. The lowest BCUT2D eigenvalue weighted by Gasteiger charge is -2.33. The Morgan fingerprint density at radius 1 is 1.19 bits per heavy atom. The van der Waals surface area contributed by atoms with E-state index in [-0.39, 0.29) is 19.8 Å². The van der Waals surface area contributed by atoms with Crippen molar-refractivity contribution in [1.29, 1.82) is 0 Å². The lowest BCUT2D eigenvalue weighted by atomic mass is 10.0. The maximum Gasteiger partial charge on any atom is 0.310 e. The maximum atomic E-state index is 12.8. The average Bonchev–Trinajstić information content (AvgIpc) is 2.88. The lowest BCUT2D eigenvalue weighted by molar-refractivity contribution is -0.142. The molecular weight excluding hydrogens is 296 g/mol. The molecule has 2 unspecified atom stereocenters. The minimum atomic E-state index is -3.66. The monoisotopic (exact) mass is 322 g/mol. The molecule has 1 rings (SSSR count). The number of hydrogen-bond acceptors (Lipinski definition) is 4. The molecule has 0 spiro atoms. The second-order valence-corrected chi connectivity index (χ2v) is 7.04. The SMILES string of the molecule is CCCN(CCC)S(=O)(=O)N(CC)C1COCC1C(=O)O. The van der Waals surface area contributed by atoms with E-state index >= 15 is 0 Å². The Labute approximate surface area is 127 Å². The fourth-order valence-electron chi connectivity index (χ4n) is 2.62. The number of ether oxygens (including phenoxy) is 1. The molecule has 0 aromatic rings. The Hall–Kier alpha value is -0.700. The van der Waals surface area contributed by atoms with Gasteiger partial charge >= 0.3 is 5.97 Å². The Kier molecular flexibility index (Phi) is 7.05. The topological polar surface area (TPSA) is 87.2 Å². The molecule has 2 atom stereocenters. The maximum absolute atomic E-state index is 12.8. The predicted molar refractivity (Wildman–Crippen MR) is 79.2 cm³/mol. The normalized spacial score (nSPS) is 23.1. The van der Waals surface area contributed by atoms with Gasteiger partial charge in [-0.15, -0.1) is 0 Å². The van der Waals surface area contributed by atoms with Crippen LogP contribution in [0.4, 0.5) is 0 Å². The molecule has 0 aromatic carbocycles. The summed E-state index contributed by atoms with van der Waals surface area (Å²) in [5.41, 5.74) is 0. The molecule has 1 N–H and O–H groups in total. The third-order valence-electron chi connectivity index (χ3n) is 3.62. The van der Waals surface area contributed by atoms with E-state index in [0.717, 1.165) is 12.8 Å². The van der Waals surface area contributed by atoms with Crippen molar-refractivity contribution in [1.82, 2.24) is 8.61 Å².